The molecule has 1 aromatic carbocycles. The number of nitrogens with zero attached hydrogens (tertiary/aromatic N) is 1. The van der Waals surface area contributed by atoms with Gasteiger partial charge >= 0.3 is 0 Å². The van der Waals surface area contributed by atoms with Gasteiger partial charge in [-0.15, -0.1) is 0 Å². The monoisotopic (exact) mass is 369 g/mol. The standard InChI is InChI=1S/C18H31N3O3S/c1-14(2)6-5-7-15(3)21-18(19)20-12-13-24-16-8-10-17(11-9-16)25(4,22)23/h8-11,14-15H,5-7,12-13H2,1-4H3,(H3,19,20,21). The molecule has 25 heavy (non-hydrogen) atoms. The van der Waals surface area contributed by atoms with Gasteiger partial charge in [-0.1, -0.05) is 26.7 Å². The van der Waals surface area contributed by atoms with Crippen LogP contribution in [-0.4, -0.2) is 39.8 Å². The van der Waals surface area contributed by atoms with Crippen LogP contribution in [0.3, 0.4) is 0 Å². The highest BCUT2D eigenvalue weighted by molar-refractivity contribution is 7.90. The molecule has 0 fully saturated rings. The smallest absolute Gasteiger partial charge is 0.188 e. The van der Waals surface area contributed by atoms with Gasteiger partial charge in [0.2, 0.25) is 0 Å². The van der Waals surface area contributed by atoms with E-state index < -0.39 is 9.84 Å². The number of benzene rings is 1. The van der Waals surface area contributed by atoms with Crippen LogP contribution in [0.2, 0.25) is 0 Å². The molecule has 0 aliphatic rings. The predicted molar refractivity (Wildman–Crippen MR) is 103 cm³/mol. The van der Waals surface area contributed by atoms with E-state index in [2.05, 4.69) is 31.1 Å². The summed E-state index contributed by atoms with van der Waals surface area (Å²) in [6.07, 6.45) is 4.63. The lowest BCUT2D eigenvalue weighted by molar-refractivity contribution is 0.328. The van der Waals surface area contributed by atoms with Crippen molar-refractivity contribution in [2.24, 2.45) is 16.6 Å². The van der Waals surface area contributed by atoms with E-state index in [9.17, 15) is 8.42 Å². The van der Waals surface area contributed by atoms with Crippen molar-refractivity contribution in [3.05, 3.63) is 24.3 Å². The number of aliphatic imine (C=N–C) groups is 1. The topological polar surface area (TPSA) is 93.8 Å². The van der Waals surface area contributed by atoms with Crippen LogP contribution in [0.15, 0.2) is 34.2 Å². The summed E-state index contributed by atoms with van der Waals surface area (Å²) in [5.41, 5.74) is 5.87. The van der Waals surface area contributed by atoms with Gasteiger partial charge in [-0.25, -0.2) is 13.4 Å². The van der Waals surface area contributed by atoms with Crippen LogP contribution >= 0.6 is 0 Å². The zero-order chi connectivity index (χ0) is 18.9. The fourth-order valence-corrected chi connectivity index (χ4v) is 2.95. The molecule has 0 bridgehead atoms. The Labute approximate surface area is 151 Å². The first-order valence-electron chi connectivity index (χ1n) is 8.68. The van der Waals surface area contributed by atoms with Gasteiger partial charge in [-0.05, 0) is 43.5 Å². The molecule has 0 saturated heterocycles. The second-order valence-corrected chi connectivity index (χ2v) is 8.74. The SMILES string of the molecule is CC(C)CCCC(C)NC(N)=NCCOc1ccc(S(C)(=O)=O)cc1. The number of sulfone groups is 1. The van der Waals surface area contributed by atoms with Gasteiger partial charge in [0, 0.05) is 12.3 Å². The Morgan fingerprint density at radius 3 is 2.40 bits per heavy atom. The molecule has 1 aromatic rings. The second kappa shape index (κ2) is 10.3. The Morgan fingerprint density at radius 2 is 1.84 bits per heavy atom. The predicted octanol–water partition coefficient (Wildman–Crippen LogP) is 2.59. The lowest BCUT2D eigenvalue weighted by Crippen LogP contribution is -2.38. The molecule has 6 nitrogen and oxygen atoms in total. The molecule has 1 unspecified atom stereocenters. The van der Waals surface area contributed by atoms with Crippen LogP contribution in [0, 0.1) is 5.92 Å². The van der Waals surface area contributed by atoms with E-state index in [4.69, 9.17) is 10.5 Å². The van der Waals surface area contributed by atoms with Crippen LogP contribution in [0.1, 0.15) is 40.0 Å². The Kier molecular flexibility index (Phi) is 8.75. The third kappa shape index (κ3) is 9.34. The molecular weight excluding hydrogens is 338 g/mol. The quantitative estimate of drug-likeness (QED) is 0.376. The van der Waals surface area contributed by atoms with Gasteiger partial charge in [0.1, 0.15) is 12.4 Å². The molecule has 0 heterocycles. The van der Waals surface area contributed by atoms with E-state index >= 15 is 0 Å². The lowest BCUT2D eigenvalue weighted by atomic mass is 10.0. The summed E-state index contributed by atoms with van der Waals surface area (Å²) >= 11 is 0. The van der Waals surface area contributed by atoms with Gasteiger partial charge in [0.05, 0.1) is 11.4 Å². The second-order valence-electron chi connectivity index (χ2n) is 6.73. The molecule has 0 aromatic heterocycles. The highest BCUT2D eigenvalue weighted by Gasteiger charge is 2.06. The summed E-state index contributed by atoms with van der Waals surface area (Å²) in [5, 5.41) is 3.18. The molecule has 0 aliphatic heterocycles. The average molecular weight is 370 g/mol. The minimum absolute atomic E-state index is 0.276. The number of guanidine groups is 1. The first-order valence-corrected chi connectivity index (χ1v) is 10.6. The fraction of sp³-hybridized carbons (Fsp3) is 0.611. The summed E-state index contributed by atoms with van der Waals surface area (Å²) < 4.78 is 28.3. The molecule has 0 aliphatic carbocycles. The van der Waals surface area contributed by atoms with Crippen molar-refractivity contribution in [1.29, 1.82) is 0 Å². The molecule has 1 rings (SSSR count). The van der Waals surface area contributed by atoms with Crippen molar-refractivity contribution >= 4 is 15.8 Å². The van der Waals surface area contributed by atoms with Crippen molar-refractivity contribution in [3.63, 3.8) is 0 Å². The highest BCUT2D eigenvalue weighted by Crippen LogP contribution is 2.15. The maximum Gasteiger partial charge on any atom is 0.188 e. The van der Waals surface area contributed by atoms with Crippen LogP contribution in [-0.2, 0) is 9.84 Å². The van der Waals surface area contributed by atoms with E-state index in [0.29, 0.717) is 30.9 Å². The summed E-state index contributed by atoms with van der Waals surface area (Å²) in [6, 6.07) is 6.63. The van der Waals surface area contributed by atoms with Gasteiger partial charge in [-0.3, -0.25) is 0 Å². The number of rotatable bonds is 10. The van der Waals surface area contributed by atoms with E-state index in [0.717, 1.165) is 12.3 Å². The van der Waals surface area contributed by atoms with Crippen molar-refractivity contribution in [2.45, 2.75) is 51.0 Å². The van der Waals surface area contributed by atoms with E-state index in [1.54, 1.807) is 12.1 Å². The minimum Gasteiger partial charge on any atom is -0.492 e. The molecule has 7 heteroatoms. The average Bonchev–Trinajstić information content (AvgIpc) is 2.50. The number of nitrogens with one attached hydrogen (secondary N) is 1. The summed E-state index contributed by atoms with van der Waals surface area (Å²) in [5.74, 6) is 1.76. The molecule has 142 valence electrons. The molecule has 0 spiro atoms. The maximum atomic E-state index is 11.4. The Bertz CT molecular complexity index is 640. The fourth-order valence-electron chi connectivity index (χ4n) is 2.32. The highest BCUT2D eigenvalue weighted by atomic mass is 32.2. The Hall–Kier alpha value is -1.76. The molecule has 3 N–H and O–H groups in total. The van der Waals surface area contributed by atoms with Crippen LogP contribution in [0.5, 0.6) is 5.75 Å². The maximum absolute atomic E-state index is 11.4. The van der Waals surface area contributed by atoms with Gasteiger partial charge < -0.3 is 15.8 Å². The van der Waals surface area contributed by atoms with Crippen LogP contribution < -0.4 is 15.8 Å². The zero-order valence-electron chi connectivity index (χ0n) is 15.7. The van der Waals surface area contributed by atoms with E-state index in [1.807, 2.05) is 0 Å². The third-order valence-electron chi connectivity index (χ3n) is 3.71. The van der Waals surface area contributed by atoms with Crippen molar-refractivity contribution in [2.75, 3.05) is 19.4 Å². The molecule has 0 radical (unpaired) electrons. The number of hydrogen-bond acceptors (Lipinski definition) is 4. The normalized spacial score (nSPS) is 13.7. The van der Waals surface area contributed by atoms with E-state index in [-0.39, 0.29) is 4.90 Å². The summed E-state index contributed by atoms with van der Waals surface area (Å²) in [4.78, 5) is 4.52. The first-order chi connectivity index (χ1) is 11.7. The molecule has 0 amide bonds. The van der Waals surface area contributed by atoms with E-state index in [1.165, 1.54) is 31.2 Å². The number of nitrogens with two attached hydrogens (primary N) is 1. The zero-order valence-corrected chi connectivity index (χ0v) is 16.5. The van der Waals surface area contributed by atoms with Gasteiger partial charge in [-0.2, -0.15) is 0 Å². The Balaban J connectivity index is 2.30. The van der Waals surface area contributed by atoms with Crippen LogP contribution in [0.4, 0.5) is 0 Å². The van der Waals surface area contributed by atoms with Crippen molar-refractivity contribution < 1.29 is 13.2 Å². The van der Waals surface area contributed by atoms with Crippen LogP contribution in [0.25, 0.3) is 0 Å². The molecular formula is C18H31N3O3S. The molecule has 0 saturated carbocycles. The third-order valence-corrected chi connectivity index (χ3v) is 4.84. The lowest BCUT2D eigenvalue weighted by Gasteiger charge is -2.15. The summed E-state index contributed by atoms with van der Waals surface area (Å²) in [6.45, 7) is 7.36. The minimum atomic E-state index is -3.18. The van der Waals surface area contributed by atoms with Crippen molar-refractivity contribution in [3.8, 4) is 5.75 Å². The van der Waals surface area contributed by atoms with Gasteiger partial charge in [0.15, 0.2) is 15.8 Å². The Morgan fingerprint density at radius 1 is 1.20 bits per heavy atom. The van der Waals surface area contributed by atoms with Gasteiger partial charge in [0.25, 0.3) is 0 Å². The molecule has 1 atom stereocenters. The van der Waals surface area contributed by atoms with Crippen molar-refractivity contribution in [1.82, 2.24) is 5.32 Å². The first kappa shape index (κ1) is 21.3. The summed E-state index contributed by atoms with van der Waals surface area (Å²) in [7, 11) is -3.18. The number of ether oxygens (including phenoxy) is 1. The largest absolute Gasteiger partial charge is 0.492 e. The number of hydrogen-bond donors (Lipinski definition) is 2.